The Kier molecular flexibility index (Phi) is 1.98. The van der Waals surface area contributed by atoms with Crippen molar-refractivity contribution in [3.63, 3.8) is 0 Å². The predicted octanol–water partition coefficient (Wildman–Crippen LogP) is 2.10. The maximum atomic E-state index is 5.62. The predicted molar refractivity (Wildman–Crippen MR) is 54.5 cm³/mol. The largest absolute Gasteiger partial charge is 0.397 e. The van der Waals surface area contributed by atoms with Crippen LogP contribution >= 0.6 is 11.3 Å². The molecule has 0 aliphatic carbocycles. The fourth-order valence-electron chi connectivity index (χ4n) is 1.09. The first kappa shape index (κ1) is 8.19. The van der Waals surface area contributed by atoms with Gasteiger partial charge in [-0.25, -0.2) is 4.98 Å². The summed E-state index contributed by atoms with van der Waals surface area (Å²) >= 11 is 1.63. The van der Waals surface area contributed by atoms with Crippen LogP contribution < -0.4 is 5.73 Å². The minimum absolute atomic E-state index is 0.670. The molecular formula is C9H9N3S. The molecule has 2 rings (SSSR count). The molecular weight excluding hydrogens is 182 g/mol. The van der Waals surface area contributed by atoms with Gasteiger partial charge in [0, 0.05) is 23.3 Å². The van der Waals surface area contributed by atoms with E-state index in [1.807, 2.05) is 18.4 Å². The van der Waals surface area contributed by atoms with Gasteiger partial charge < -0.3 is 5.73 Å². The molecule has 0 amide bonds. The summed E-state index contributed by atoms with van der Waals surface area (Å²) in [5.41, 5.74) is 8.21. The molecule has 0 atom stereocenters. The van der Waals surface area contributed by atoms with Crippen LogP contribution in [-0.2, 0) is 0 Å². The van der Waals surface area contributed by atoms with Crippen LogP contribution in [0.3, 0.4) is 0 Å². The van der Waals surface area contributed by atoms with Gasteiger partial charge in [-0.2, -0.15) is 0 Å². The number of thiazole rings is 1. The number of aryl methyl sites for hydroxylation is 1. The Morgan fingerprint density at radius 2 is 2.23 bits per heavy atom. The zero-order valence-corrected chi connectivity index (χ0v) is 8.01. The lowest BCUT2D eigenvalue weighted by Crippen LogP contribution is -1.87. The zero-order valence-electron chi connectivity index (χ0n) is 7.19. The van der Waals surface area contributed by atoms with Crippen molar-refractivity contribution in [2.45, 2.75) is 6.92 Å². The SMILES string of the molecule is Cc1nc(-c2cncc(N)c2)cs1. The maximum absolute atomic E-state index is 5.62. The van der Waals surface area contributed by atoms with Crippen LogP contribution in [-0.4, -0.2) is 9.97 Å². The van der Waals surface area contributed by atoms with Crippen molar-refractivity contribution in [3.05, 3.63) is 28.8 Å². The number of anilines is 1. The summed E-state index contributed by atoms with van der Waals surface area (Å²) in [5.74, 6) is 0. The number of nitrogens with zero attached hydrogens (tertiary/aromatic N) is 2. The van der Waals surface area contributed by atoms with Crippen LogP contribution in [0.25, 0.3) is 11.3 Å². The molecule has 0 unspecified atom stereocenters. The fraction of sp³-hybridized carbons (Fsp3) is 0.111. The average Bonchev–Trinajstić information content (AvgIpc) is 2.52. The van der Waals surface area contributed by atoms with Crippen LogP contribution in [0.5, 0.6) is 0 Å². The molecule has 0 aromatic carbocycles. The molecule has 0 saturated heterocycles. The number of nitrogens with two attached hydrogens (primary N) is 1. The van der Waals surface area contributed by atoms with Gasteiger partial charge in [0.25, 0.3) is 0 Å². The standard InChI is InChI=1S/C9H9N3S/c1-6-12-9(5-13-6)7-2-8(10)4-11-3-7/h2-5H,10H2,1H3. The van der Waals surface area contributed by atoms with E-state index < -0.39 is 0 Å². The topological polar surface area (TPSA) is 51.8 Å². The quantitative estimate of drug-likeness (QED) is 0.751. The van der Waals surface area contributed by atoms with Crippen LogP contribution in [0.15, 0.2) is 23.8 Å². The minimum Gasteiger partial charge on any atom is -0.397 e. The Labute approximate surface area is 80.3 Å². The lowest BCUT2D eigenvalue weighted by Gasteiger charge is -1.96. The molecule has 2 aromatic heterocycles. The summed E-state index contributed by atoms with van der Waals surface area (Å²) in [6.45, 7) is 1.98. The van der Waals surface area contributed by atoms with Gasteiger partial charge in [-0.1, -0.05) is 0 Å². The van der Waals surface area contributed by atoms with Gasteiger partial charge in [0.2, 0.25) is 0 Å². The van der Waals surface area contributed by atoms with Crippen molar-refractivity contribution in [1.29, 1.82) is 0 Å². The van der Waals surface area contributed by atoms with Gasteiger partial charge in [0.15, 0.2) is 0 Å². The summed E-state index contributed by atoms with van der Waals surface area (Å²) in [6, 6.07) is 1.88. The van der Waals surface area contributed by atoms with E-state index in [0.29, 0.717) is 5.69 Å². The van der Waals surface area contributed by atoms with Gasteiger partial charge in [0.05, 0.1) is 16.4 Å². The summed E-state index contributed by atoms with van der Waals surface area (Å²) < 4.78 is 0. The van der Waals surface area contributed by atoms with E-state index in [2.05, 4.69) is 9.97 Å². The summed E-state index contributed by atoms with van der Waals surface area (Å²) in [7, 11) is 0. The van der Waals surface area contributed by atoms with Gasteiger partial charge in [-0.3, -0.25) is 4.98 Å². The Morgan fingerprint density at radius 1 is 1.38 bits per heavy atom. The lowest BCUT2D eigenvalue weighted by molar-refractivity contribution is 1.27. The number of rotatable bonds is 1. The van der Waals surface area contributed by atoms with Crippen molar-refractivity contribution < 1.29 is 0 Å². The molecule has 0 saturated carbocycles. The third-order valence-electron chi connectivity index (χ3n) is 1.67. The van der Waals surface area contributed by atoms with E-state index in [4.69, 9.17) is 5.73 Å². The molecule has 13 heavy (non-hydrogen) atoms. The zero-order chi connectivity index (χ0) is 9.26. The van der Waals surface area contributed by atoms with E-state index in [-0.39, 0.29) is 0 Å². The Balaban J connectivity index is 2.46. The first-order chi connectivity index (χ1) is 6.25. The highest BCUT2D eigenvalue weighted by atomic mass is 32.1. The van der Waals surface area contributed by atoms with E-state index in [0.717, 1.165) is 16.3 Å². The molecule has 2 heterocycles. The molecule has 4 heteroatoms. The second-order valence-electron chi connectivity index (χ2n) is 2.76. The monoisotopic (exact) mass is 191 g/mol. The van der Waals surface area contributed by atoms with Gasteiger partial charge >= 0.3 is 0 Å². The van der Waals surface area contributed by atoms with Crippen molar-refractivity contribution in [2.75, 3.05) is 5.73 Å². The number of aromatic nitrogens is 2. The third kappa shape index (κ3) is 1.67. The van der Waals surface area contributed by atoms with Crippen molar-refractivity contribution in [2.24, 2.45) is 0 Å². The molecule has 0 spiro atoms. The van der Waals surface area contributed by atoms with Gasteiger partial charge in [-0.15, -0.1) is 11.3 Å². The average molecular weight is 191 g/mol. The molecule has 0 aliphatic rings. The van der Waals surface area contributed by atoms with E-state index in [9.17, 15) is 0 Å². The highest BCUT2D eigenvalue weighted by molar-refractivity contribution is 7.09. The normalized spacial score (nSPS) is 10.2. The number of hydrogen-bond donors (Lipinski definition) is 1. The first-order valence-corrected chi connectivity index (χ1v) is 4.77. The second-order valence-corrected chi connectivity index (χ2v) is 3.82. The van der Waals surface area contributed by atoms with E-state index >= 15 is 0 Å². The van der Waals surface area contributed by atoms with Crippen LogP contribution in [0.4, 0.5) is 5.69 Å². The molecule has 2 N–H and O–H groups in total. The molecule has 0 bridgehead atoms. The molecule has 3 nitrogen and oxygen atoms in total. The fourth-order valence-corrected chi connectivity index (χ4v) is 1.72. The van der Waals surface area contributed by atoms with Crippen molar-refractivity contribution in [1.82, 2.24) is 9.97 Å². The third-order valence-corrected chi connectivity index (χ3v) is 2.45. The molecule has 2 aromatic rings. The molecule has 0 aliphatic heterocycles. The lowest BCUT2D eigenvalue weighted by atomic mass is 10.2. The van der Waals surface area contributed by atoms with Gasteiger partial charge in [-0.05, 0) is 13.0 Å². The van der Waals surface area contributed by atoms with Crippen molar-refractivity contribution >= 4 is 17.0 Å². The van der Waals surface area contributed by atoms with Crippen LogP contribution in [0.1, 0.15) is 5.01 Å². The molecule has 0 fully saturated rings. The second kappa shape index (κ2) is 3.14. The number of hydrogen-bond acceptors (Lipinski definition) is 4. The maximum Gasteiger partial charge on any atom is 0.0901 e. The van der Waals surface area contributed by atoms with Crippen molar-refractivity contribution in [3.8, 4) is 11.3 Å². The van der Waals surface area contributed by atoms with E-state index in [1.54, 1.807) is 23.7 Å². The summed E-state index contributed by atoms with van der Waals surface area (Å²) in [5, 5.41) is 3.06. The Bertz CT molecular complexity index is 422. The first-order valence-electron chi connectivity index (χ1n) is 3.89. The highest BCUT2D eigenvalue weighted by Gasteiger charge is 2.01. The number of pyridine rings is 1. The molecule has 66 valence electrons. The summed E-state index contributed by atoms with van der Waals surface area (Å²) in [4.78, 5) is 8.35. The Hall–Kier alpha value is -1.42. The number of nitrogen functional groups attached to an aromatic ring is 1. The van der Waals surface area contributed by atoms with Crippen LogP contribution in [0, 0.1) is 6.92 Å². The van der Waals surface area contributed by atoms with Gasteiger partial charge in [0.1, 0.15) is 0 Å². The smallest absolute Gasteiger partial charge is 0.0901 e. The minimum atomic E-state index is 0.670. The molecule has 0 radical (unpaired) electrons. The summed E-state index contributed by atoms with van der Waals surface area (Å²) in [6.07, 6.45) is 3.40. The Morgan fingerprint density at radius 3 is 2.85 bits per heavy atom. The van der Waals surface area contributed by atoms with E-state index in [1.165, 1.54) is 0 Å². The highest BCUT2D eigenvalue weighted by Crippen LogP contribution is 2.21. The van der Waals surface area contributed by atoms with Crippen LogP contribution in [0.2, 0.25) is 0 Å².